The van der Waals surface area contributed by atoms with E-state index >= 15 is 0 Å². The molecule has 16 heavy (non-hydrogen) atoms. The second kappa shape index (κ2) is 4.45. The SMILES string of the molecule is Cc1cc(C)cc(-c2cc(CN)ccn2)c1. The lowest BCUT2D eigenvalue weighted by Gasteiger charge is -2.05. The Labute approximate surface area is 96.1 Å². The number of aromatic nitrogens is 1. The van der Waals surface area contributed by atoms with E-state index in [9.17, 15) is 0 Å². The van der Waals surface area contributed by atoms with Crippen molar-refractivity contribution < 1.29 is 0 Å². The maximum atomic E-state index is 5.63. The molecule has 0 fully saturated rings. The summed E-state index contributed by atoms with van der Waals surface area (Å²) >= 11 is 0. The normalized spacial score (nSPS) is 10.4. The van der Waals surface area contributed by atoms with Crippen LogP contribution in [-0.2, 0) is 6.54 Å². The molecule has 2 aromatic rings. The minimum atomic E-state index is 0.556. The van der Waals surface area contributed by atoms with E-state index in [1.165, 1.54) is 11.1 Å². The topological polar surface area (TPSA) is 38.9 Å². The number of rotatable bonds is 2. The van der Waals surface area contributed by atoms with Crippen molar-refractivity contribution in [3.8, 4) is 11.3 Å². The third kappa shape index (κ3) is 2.28. The fourth-order valence-corrected chi connectivity index (χ4v) is 1.88. The summed E-state index contributed by atoms with van der Waals surface area (Å²) in [6.45, 7) is 4.76. The van der Waals surface area contributed by atoms with Crippen molar-refractivity contribution in [3.63, 3.8) is 0 Å². The van der Waals surface area contributed by atoms with Gasteiger partial charge in [-0.1, -0.05) is 17.2 Å². The zero-order valence-corrected chi connectivity index (χ0v) is 9.70. The highest BCUT2D eigenvalue weighted by molar-refractivity contribution is 5.61. The molecule has 1 heterocycles. The van der Waals surface area contributed by atoms with Gasteiger partial charge >= 0.3 is 0 Å². The van der Waals surface area contributed by atoms with E-state index < -0.39 is 0 Å². The molecule has 2 nitrogen and oxygen atoms in total. The number of benzene rings is 1. The summed E-state index contributed by atoms with van der Waals surface area (Å²) in [5, 5.41) is 0. The van der Waals surface area contributed by atoms with Gasteiger partial charge in [0.2, 0.25) is 0 Å². The Bertz CT molecular complexity index is 484. The first-order valence-electron chi connectivity index (χ1n) is 5.43. The van der Waals surface area contributed by atoms with Crippen molar-refractivity contribution in [1.29, 1.82) is 0 Å². The molecule has 2 N–H and O–H groups in total. The molecule has 0 radical (unpaired) electrons. The van der Waals surface area contributed by atoms with Crippen molar-refractivity contribution in [1.82, 2.24) is 4.98 Å². The predicted octanol–water partition coefficient (Wildman–Crippen LogP) is 2.82. The van der Waals surface area contributed by atoms with E-state index in [0.29, 0.717) is 6.54 Å². The van der Waals surface area contributed by atoms with Crippen molar-refractivity contribution >= 4 is 0 Å². The lowest BCUT2D eigenvalue weighted by Crippen LogP contribution is -1.97. The standard InChI is InChI=1S/C14H16N2/c1-10-5-11(2)7-13(6-10)14-8-12(9-15)3-4-16-14/h3-8H,9,15H2,1-2H3. The van der Waals surface area contributed by atoms with Crippen molar-refractivity contribution in [2.24, 2.45) is 5.73 Å². The number of pyridine rings is 1. The smallest absolute Gasteiger partial charge is 0.0705 e. The van der Waals surface area contributed by atoms with Crippen LogP contribution in [0.15, 0.2) is 36.5 Å². The maximum absolute atomic E-state index is 5.63. The fraction of sp³-hybridized carbons (Fsp3) is 0.214. The van der Waals surface area contributed by atoms with Gasteiger partial charge in [0.25, 0.3) is 0 Å². The molecule has 0 saturated heterocycles. The third-order valence-electron chi connectivity index (χ3n) is 2.58. The van der Waals surface area contributed by atoms with Gasteiger partial charge in [0.05, 0.1) is 5.69 Å². The molecule has 1 aromatic heterocycles. The van der Waals surface area contributed by atoms with Gasteiger partial charge in [0, 0.05) is 18.3 Å². The molecule has 1 aromatic carbocycles. The number of hydrogen-bond acceptors (Lipinski definition) is 2. The largest absolute Gasteiger partial charge is 0.326 e. The van der Waals surface area contributed by atoms with Crippen molar-refractivity contribution in [3.05, 3.63) is 53.2 Å². The second-order valence-corrected chi connectivity index (χ2v) is 4.13. The summed E-state index contributed by atoms with van der Waals surface area (Å²) in [7, 11) is 0. The molecule has 0 unspecified atom stereocenters. The van der Waals surface area contributed by atoms with Crippen LogP contribution in [0.5, 0.6) is 0 Å². The van der Waals surface area contributed by atoms with Crippen molar-refractivity contribution in [2.45, 2.75) is 20.4 Å². The van der Waals surface area contributed by atoms with Gasteiger partial charge in [-0.25, -0.2) is 0 Å². The monoisotopic (exact) mass is 212 g/mol. The summed E-state index contributed by atoms with van der Waals surface area (Å²) in [4.78, 5) is 4.38. The molecule has 0 bridgehead atoms. The molecule has 2 rings (SSSR count). The molecule has 0 saturated carbocycles. The highest BCUT2D eigenvalue weighted by atomic mass is 14.7. The van der Waals surface area contributed by atoms with E-state index in [1.807, 2.05) is 18.3 Å². The summed E-state index contributed by atoms with van der Waals surface area (Å²) in [6.07, 6.45) is 1.81. The van der Waals surface area contributed by atoms with Gasteiger partial charge in [-0.3, -0.25) is 4.98 Å². The molecule has 0 aliphatic rings. The first-order chi connectivity index (χ1) is 7.69. The fourth-order valence-electron chi connectivity index (χ4n) is 1.88. The van der Waals surface area contributed by atoms with E-state index in [4.69, 9.17) is 5.73 Å². The zero-order valence-electron chi connectivity index (χ0n) is 9.70. The van der Waals surface area contributed by atoms with Gasteiger partial charge in [-0.05, 0) is 43.7 Å². The Morgan fingerprint density at radius 2 is 1.75 bits per heavy atom. The molecule has 82 valence electrons. The second-order valence-electron chi connectivity index (χ2n) is 4.13. The number of nitrogens with zero attached hydrogens (tertiary/aromatic N) is 1. The maximum Gasteiger partial charge on any atom is 0.0705 e. The first-order valence-corrected chi connectivity index (χ1v) is 5.43. The molecule has 0 spiro atoms. The average molecular weight is 212 g/mol. The van der Waals surface area contributed by atoms with Crippen LogP contribution < -0.4 is 5.73 Å². The Morgan fingerprint density at radius 1 is 1.06 bits per heavy atom. The highest BCUT2D eigenvalue weighted by Gasteiger charge is 2.01. The van der Waals surface area contributed by atoms with Crippen LogP contribution in [0, 0.1) is 13.8 Å². The van der Waals surface area contributed by atoms with Gasteiger partial charge in [-0.15, -0.1) is 0 Å². The van der Waals surface area contributed by atoms with Crippen LogP contribution in [-0.4, -0.2) is 4.98 Å². The van der Waals surface area contributed by atoms with E-state index in [0.717, 1.165) is 16.8 Å². The van der Waals surface area contributed by atoms with Gasteiger partial charge in [0.1, 0.15) is 0 Å². The summed E-state index contributed by atoms with van der Waals surface area (Å²) in [5.74, 6) is 0. The van der Waals surface area contributed by atoms with Crippen LogP contribution in [0.25, 0.3) is 11.3 Å². The van der Waals surface area contributed by atoms with Crippen LogP contribution in [0.1, 0.15) is 16.7 Å². The van der Waals surface area contributed by atoms with E-state index in [1.54, 1.807) is 0 Å². The number of hydrogen-bond donors (Lipinski definition) is 1. The zero-order chi connectivity index (χ0) is 11.5. The molecule has 0 aliphatic heterocycles. The first kappa shape index (κ1) is 10.8. The minimum absolute atomic E-state index is 0.556. The molecule has 2 heteroatoms. The number of aryl methyl sites for hydroxylation is 2. The Kier molecular flexibility index (Phi) is 3.02. The Hall–Kier alpha value is -1.67. The third-order valence-corrected chi connectivity index (χ3v) is 2.58. The summed E-state index contributed by atoms with van der Waals surface area (Å²) in [6, 6.07) is 10.5. The molecule has 0 atom stereocenters. The van der Waals surface area contributed by atoms with Gasteiger partial charge < -0.3 is 5.73 Å². The van der Waals surface area contributed by atoms with Crippen LogP contribution in [0.3, 0.4) is 0 Å². The van der Waals surface area contributed by atoms with Gasteiger partial charge in [0.15, 0.2) is 0 Å². The molecular weight excluding hydrogens is 196 g/mol. The van der Waals surface area contributed by atoms with E-state index in [-0.39, 0.29) is 0 Å². The quantitative estimate of drug-likeness (QED) is 0.831. The lowest BCUT2D eigenvalue weighted by atomic mass is 10.0. The number of nitrogens with two attached hydrogens (primary N) is 1. The Morgan fingerprint density at radius 3 is 2.38 bits per heavy atom. The van der Waals surface area contributed by atoms with E-state index in [2.05, 4.69) is 37.0 Å². The van der Waals surface area contributed by atoms with Crippen LogP contribution >= 0.6 is 0 Å². The molecule has 0 amide bonds. The average Bonchev–Trinajstić information content (AvgIpc) is 2.28. The summed E-state index contributed by atoms with van der Waals surface area (Å²) < 4.78 is 0. The lowest BCUT2D eigenvalue weighted by molar-refractivity contribution is 1.06. The minimum Gasteiger partial charge on any atom is -0.326 e. The molecule has 0 aliphatic carbocycles. The van der Waals surface area contributed by atoms with Crippen LogP contribution in [0.4, 0.5) is 0 Å². The predicted molar refractivity (Wildman–Crippen MR) is 67.0 cm³/mol. The Balaban J connectivity index is 2.49. The van der Waals surface area contributed by atoms with Gasteiger partial charge in [-0.2, -0.15) is 0 Å². The van der Waals surface area contributed by atoms with Crippen molar-refractivity contribution in [2.75, 3.05) is 0 Å². The molecular formula is C14H16N2. The van der Waals surface area contributed by atoms with Crippen LogP contribution in [0.2, 0.25) is 0 Å². The highest BCUT2D eigenvalue weighted by Crippen LogP contribution is 2.20. The summed E-state index contributed by atoms with van der Waals surface area (Å²) in [5.41, 5.74) is 11.4.